The number of fused-ring (bicyclic) bond motifs is 2. The lowest BCUT2D eigenvalue weighted by molar-refractivity contribution is 0.171. The van der Waals surface area contributed by atoms with E-state index in [4.69, 9.17) is 21.1 Å². The van der Waals surface area contributed by atoms with Gasteiger partial charge in [-0.1, -0.05) is 48.0 Å². The van der Waals surface area contributed by atoms with Crippen LogP contribution in [0.25, 0.3) is 10.8 Å². The van der Waals surface area contributed by atoms with E-state index in [9.17, 15) is 0 Å². The summed E-state index contributed by atoms with van der Waals surface area (Å²) in [5, 5.41) is 6.68. The van der Waals surface area contributed by atoms with Crippen LogP contribution in [0.1, 0.15) is 24.1 Å². The van der Waals surface area contributed by atoms with Crippen molar-refractivity contribution in [2.75, 3.05) is 13.2 Å². The van der Waals surface area contributed by atoms with Gasteiger partial charge in [-0.2, -0.15) is 0 Å². The number of hydrogen-bond donors (Lipinski definition) is 1. The van der Waals surface area contributed by atoms with E-state index in [0.29, 0.717) is 30.5 Å². The summed E-state index contributed by atoms with van der Waals surface area (Å²) < 4.78 is 11.2. The van der Waals surface area contributed by atoms with Crippen molar-refractivity contribution in [1.82, 2.24) is 5.32 Å². The van der Waals surface area contributed by atoms with Gasteiger partial charge in [0.05, 0.1) is 5.02 Å². The van der Waals surface area contributed by atoms with Crippen LogP contribution >= 0.6 is 11.6 Å². The second-order valence-corrected chi connectivity index (χ2v) is 6.72. The van der Waals surface area contributed by atoms with Crippen LogP contribution in [-0.4, -0.2) is 13.2 Å². The van der Waals surface area contributed by atoms with Crippen LogP contribution in [0.3, 0.4) is 0 Å². The summed E-state index contributed by atoms with van der Waals surface area (Å²) in [4.78, 5) is 0. The van der Waals surface area contributed by atoms with Gasteiger partial charge in [-0.3, -0.25) is 0 Å². The molecule has 4 rings (SSSR count). The van der Waals surface area contributed by atoms with Crippen molar-refractivity contribution in [3.05, 3.63) is 70.7 Å². The zero-order valence-corrected chi connectivity index (χ0v) is 14.8. The molecule has 25 heavy (non-hydrogen) atoms. The first-order chi connectivity index (χ1) is 12.2. The number of halogens is 1. The second kappa shape index (κ2) is 6.95. The Morgan fingerprint density at radius 3 is 2.68 bits per heavy atom. The predicted octanol–water partition coefficient (Wildman–Crippen LogP) is 5.12. The quantitative estimate of drug-likeness (QED) is 0.706. The van der Waals surface area contributed by atoms with E-state index < -0.39 is 0 Å². The summed E-state index contributed by atoms with van der Waals surface area (Å²) in [5.41, 5.74) is 2.35. The maximum absolute atomic E-state index is 6.31. The highest BCUT2D eigenvalue weighted by Gasteiger charge is 2.17. The van der Waals surface area contributed by atoms with Gasteiger partial charge >= 0.3 is 0 Å². The molecule has 1 atom stereocenters. The first-order valence-corrected chi connectivity index (χ1v) is 8.88. The molecular formula is C21H20ClNO2. The molecule has 128 valence electrons. The third kappa shape index (κ3) is 3.44. The highest BCUT2D eigenvalue weighted by molar-refractivity contribution is 6.32. The molecule has 0 bridgehead atoms. The van der Waals surface area contributed by atoms with E-state index in [1.807, 2.05) is 12.1 Å². The number of nitrogens with one attached hydrogen (secondary N) is 1. The highest BCUT2D eigenvalue weighted by Crippen LogP contribution is 2.38. The van der Waals surface area contributed by atoms with Gasteiger partial charge in [-0.05, 0) is 47.0 Å². The molecule has 3 aromatic carbocycles. The Labute approximate surface area is 152 Å². The lowest BCUT2D eigenvalue weighted by atomic mass is 10.0. The second-order valence-electron chi connectivity index (χ2n) is 6.31. The van der Waals surface area contributed by atoms with Crippen molar-refractivity contribution in [3.63, 3.8) is 0 Å². The van der Waals surface area contributed by atoms with E-state index in [-0.39, 0.29) is 6.04 Å². The molecule has 0 radical (unpaired) electrons. The van der Waals surface area contributed by atoms with Crippen LogP contribution < -0.4 is 14.8 Å². The molecular weight excluding hydrogens is 334 g/mol. The Kier molecular flexibility index (Phi) is 4.51. The van der Waals surface area contributed by atoms with Gasteiger partial charge in [0.15, 0.2) is 11.5 Å². The normalized spacial score (nSPS) is 14.5. The van der Waals surface area contributed by atoms with Crippen LogP contribution in [0, 0.1) is 0 Å². The molecule has 0 aliphatic carbocycles. The molecule has 0 aromatic heterocycles. The number of hydrogen-bond acceptors (Lipinski definition) is 3. The van der Waals surface area contributed by atoms with Crippen molar-refractivity contribution in [2.24, 2.45) is 0 Å². The molecule has 0 spiro atoms. The van der Waals surface area contributed by atoms with Gasteiger partial charge in [-0.15, -0.1) is 0 Å². The summed E-state index contributed by atoms with van der Waals surface area (Å²) in [5.74, 6) is 1.38. The Morgan fingerprint density at radius 2 is 1.80 bits per heavy atom. The molecule has 4 heteroatoms. The van der Waals surface area contributed by atoms with Crippen LogP contribution in [0.5, 0.6) is 11.5 Å². The van der Waals surface area contributed by atoms with Gasteiger partial charge in [0.2, 0.25) is 0 Å². The largest absolute Gasteiger partial charge is 0.486 e. The highest BCUT2D eigenvalue weighted by atomic mass is 35.5. The molecule has 1 aliphatic heterocycles. The minimum absolute atomic E-state index is 0.233. The SMILES string of the molecule is CC(NCc1cc(Cl)c2c(c1)OCCO2)c1ccc2ccccc2c1. The average Bonchev–Trinajstić information content (AvgIpc) is 2.66. The smallest absolute Gasteiger partial charge is 0.179 e. The predicted molar refractivity (Wildman–Crippen MR) is 102 cm³/mol. The summed E-state index contributed by atoms with van der Waals surface area (Å²) in [6, 6.07) is 19.2. The molecule has 1 heterocycles. The third-order valence-corrected chi connectivity index (χ3v) is 4.82. The molecule has 0 fully saturated rings. The van der Waals surface area contributed by atoms with E-state index in [0.717, 1.165) is 11.3 Å². The monoisotopic (exact) mass is 353 g/mol. The topological polar surface area (TPSA) is 30.5 Å². The molecule has 0 saturated heterocycles. The fourth-order valence-corrected chi connectivity index (χ4v) is 3.42. The Hall–Kier alpha value is -2.23. The van der Waals surface area contributed by atoms with Crippen LogP contribution in [0.2, 0.25) is 5.02 Å². The first-order valence-electron chi connectivity index (χ1n) is 8.51. The third-order valence-electron chi connectivity index (χ3n) is 4.54. The fraction of sp³-hybridized carbons (Fsp3) is 0.238. The lowest BCUT2D eigenvalue weighted by Gasteiger charge is -2.21. The molecule has 3 nitrogen and oxygen atoms in total. The van der Waals surface area contributed by atoms with Crippen LogP contribution in [0.4, 0.5) is 0 Å². The van der Waals surface area contributed by atoms with Gasteiger partial charge in [0.1, 0.15) is 13.2 Å². The van der Waals surface area contributed by atoms with E-state index in [2.05, 4.69) is 54.7 Å². The van der Waals surface area contributed by atoms with Gasteiger partial charge in [0.25, 0.3) is 0 Å². The first kappa shape index (κ1) is 16.2. The van der Waals surface area contributed by atoms with Crippen molar-refractivity contribution in [1.29, 1.82) is 0 Å². The maximum atomic E-state index is 6.31. The van der Waals surface area contributed by atoms with Crippen LogP contribution in [-0.2, 0) is 6.54 Å². The Morgan fingerprint density at radius 1 is 1.00 bits per heavy atom. The molecule has 1 N–H and O–H groups in total. The summed E-state index contributed by atoms with van der Waals surface area (Å²) in [6.45, 7) is 3.99. The van der Waals surface area contributed by atoms with Crippen molar-refractivity contribution >= 4 is 22.4 Å². The van der Waals surface area contributed by atoms with Gasteiger partial charge < -0.3 is 14.8 Å². The zero-order chi connectivity index (χ0) is 17.2. The Bertz CT molecular complexity index is 910. The summed E-state index contributed by atoms with van der Waals surface area (Å²) >= 11 is 6.31. The molecule has 0 amide bonds. The molecule has 0 saturated carbocycles. The van der Waals surface area contributed by atoms with Crippen molar-refractivity contribution in [2.45, 2.75) is 19.5 Å². The average molecular weight is 354 g/mol. The van der Waals surface area contributed by atoms with Crippen molar-refractivity contribution < 1.29 is 9.47 Å². The van der Waals surface area contributed by atoms with E-state index >= 15 is 0 Å². The summed E-state index contributed by atoms with van der Waals surface area (Å²) in [6.07, 6.45) is 0. The minimum atomic E-state index is 0.233. The van der Waals surface area contributed by atoms with Gasteiger partial charge in [-0.25, -0.2) is 0 Å². The summed E-state index contributed by atoms with van der Waals surface area (Å²) in [7, 11) is 0. The Balaban J connectivity index is 1.49. The van der Waals surface area contributed by atoms with Crippen LogP contribution in [0.15, 0.2) is 54.6 Å². The molecule has 3 aromatic rings. The van der Waals surface area contributed by atoms with E-state index in [1.165, 1.54) is 16.3 Å². The number of benzene rings is 3. The maximum Gasteiger partial charge on any atom is 0.179 e. The van der Waals surface area contributed by atoms with Crippen molar-refractivity contribution in [3.8, 4) is 11.5 Å². The lowest BCUT2D eigenvalue weighted by Crippen LogP contribution is -2.19. The fourth-order valence-electron chi connectivity index (χ4n) is 3.13. The number of ether oxygens (including phenoxy) is 2. The zero-order valence-electron chi connectivity index (χ0n) is 14.1. The standard InChI is InChI=1S/C21H20ClNO2/c1-14(17-7-6-16-4-2-3-5-18(16)12-17)23-13-15-10-19(22)21-20(11-15)24-8-9-25-21/h2-7,10-12,14,23H,8-9,13H2,1H3. The molecule has 1 unspecified atom stereocenters. The van der Waals surface area contributed by atoms with E-state index in [1.54, 1.807) is 0 Å². The minimum Gasteiger partial charge on any atom is -0.486 e. The molecule has 1 aliphatic rings. The van der Waals surface area contributed by atoms with Gasteiger partial charge in [0, 0.05) is 12.6 Å². The number of rotatable bonds is 4.